The van der Waals surface area contributed by atoms with Gasteiger partial charge in [-0.3, -0.25) is 9.69 Å². The number of nitrogens with one attached hydrogen (secondary N) is 1. The first kappa shape index (κ1) is 16.7. The average molecular weight is 378 g/mol. The summed E-state index contributed by atoms with van der Waals surface area (Å²) in [7, 11) is 4.31. The lowest BCUT2D eigenvalue weighted by atomic mass is 10.0. The fourth-order valence-electron chi connectivity index (χ4n) is 3.43. The molecule has 0 spiro atoms. The van der Waals surface area contributed by atoms with E-state index in [1.807, 2.05) is 25.1 Å². The summed E-state index contributed by atoms with van der Waals surface area (Å²) < 4.78 is 0.939. The lowest BCUT2D eigenvalue weighted by molar-refractivity contribution is 0.139. The molecule has 23 heavy (non-hydrogen) atoms. The molecule has 0 aliphatic carbocycles. The van der Waals surface area contributed by atoms with Crippen molar-refractivity contribution in [2.75, 3.05) is 27.2 Å². The molecule has 2 aromatic rings. The van der Waals surface area contributed by atoms with Crippen LogP contribution in [0.3, 0.4) is 0 Å². The van der Waals surface area contributed by atoms with Crippen LogP contribution in [-0.2, 0) is 6.54 Å². The molecule has 0 atom stereocenters. The van der Waals surface area contributed by atoms with Gasteiger partial charge < -0.3 is 9.88 Å². The van der Waals surface area contributed by atoms with Crippen LogP contribution in [0.4, 0.5) is 0 Å². The number of hydrogen-bond donors (Lipinski definition) is 1. The minimum Gasteiger partial charge on any atom is -0.358 e. The molecule has 1 aliphatic heterocycles. The van der Waals surface area contributed by atoms with Gasteiger partial charge >= 0.3 is 0 Å². The van der Waals surface area contributed by atoms with E-state index >= 15 is 0 Å². The van der Waals surface area contributed by atoms with Crippen LogP contribution in [0.15, 0.2) is 27.5 Å². The molecule has 1 N–H and O–H groups in total. The molecule has 124 valence electrons. The summed E-state index contributed by atoms with van der Waals surface area (Å²) in [5, 5.41) is 0.761. The van der Waals surface area contributed by atoms with Gasteiger partial charge in [-0.1, -0.05) is 15.9 Å². The molecule has 4 nitrogen and oxygen atoms in total. The molecule has 0 unspecified atom stereocenters. The predicted octanol–water partition coefficient (Wildman–Crippen LogP) is 3.13. The Kier molecular flexibility index (Phi) is 4.90. The summed E-state index contributed by atoms with van der Waals surface area (Å²) in [6.45, 7) is 4.97. The zero-order valence-electron chi connectivity index (χ0n) is 14.0. The lowest BCUT2D eigenvalue weighted by Gasteiger charge is -2.35. The van der Waals surface area contributed by atoms with Crippen molar-refractivity contribution in [3.05, 3.63) is 44.2 Å². The van der Waals surface area contributed by atoms with Crippen LogP contribution in [0, 0.1) is 6.92 Å². The number of rotatable bonds is 3. The number of piperidine rings is 1. The molecule has 5 heteroatoms. The van der Waals surface area contributed by atoms with Gasteiger partial charge in [-0.2, -0.15) is 0 Å². The van der Waals surface area contributed by atoms with Crippen LogP contribution in [0.2, 0.25) is 0 Å². The Labute approximate surface area is 145 Å². The van der Waals surface area contributed by atoms with Crippen LogP contribution < -0.4 is 5.43 Å². The van der Waals surface area contributed by atoms with Crippen LogP contribution in [0.1, 0.15) is 24.1 Å². The van der Waals surface area contributed by atoms with Crippen LogP contribution in [-0.4, -0.2) is 48.0 Å². The topological polar surface area (TPSA) is 39.3 Å². The molecule has 1 aliphatic rings. The van der Waals surface area contributed by atoms with Gasteiger partial charge in [0.1, 0.15) is 0 Å². The van der Waals surface area contributed by atoms with E-state index in [0.29, 0.717) is 12.6 Å². The highest BCUT2D eigenvalue weighted by Gasteiger charge is 2.22. The molecule has 1 aromatic carbocycles. The van der Waals surface area contributed by atoms with E-state index < -0.39 is 0 Å². The number of aromatic nitrogens is 1. The number of aryl methyl sites for hydroxylation is 1. The first-order valence-electron chi connectivity index (χ1n) is 8.15. The quantitative estimate of drug-likeness (QED) is 0.892. The minimum atomic E-state index is 0.150. The highest BCUT2D eigenvalue weighted by atomic mass is 79.9. The molecule has 0 saturated carbocycles. The zero-order valence-corrected chi connectivity index (χ0v) is 15.6. The fourth-order valence-corrected chi connectivity index (χ4v) is 3.79. The monoisotopic (exact) mass is 377 g/mol. The zero-order chi connectivity index (χ0) is 16.6. The summed E-state index contributed by atoms with van der Waals surface area (Å²) in [6.07, 6.45) is 2.34. The number of fused-ring (bicyclic) bond motifs is 1. The van der Waals surface area contributed by atoms with Gasteiger partial charge in [0.15, 0.2) is 5.43 Å². The van der Waals surface area contributed by atoms with E-state index in [1.54, 1.807) is 0 Å². The van der Waals surface area contributed by atoms with Crippen molar-refractivity contribution in [1.29, 1.82) is 0 Å². The van der Waals surface area contributed by atoms with Gasteiger partial charge in [-0.25, -0.2) is 0 Å². The van der Waals surface area contributed by atoms with E-state index in [4.69, 9.17) is 0 Å². The molecule has 3 rings (SSSR count). The first-order chi connectivity index (χ1) is 11.0. The van der Waals surface area contributed by atoms with Crippen molar-refractivity contribution in [2.24, 2.45) is 0 Å². The summed E-state index contributed by atoms with van der Waals surface area (Å²) in [6, 6.07) is 6.38. The van der Waals surface area contributed by atoms with Gasteiger partial charge in [-0.15, -0.1) is 0 Å². The van der Waals surface area contributed by atoms with Gasteiger partial charge in [-0.05, 0) is 65.1 Å². The fraction of sp³-hybridized carbons (Fsp3) is 0.500. The number of nitrogens with zero attached hydrogens (tertiary/aromatic N) is 2. The SMILES string of the molecule is Cc1[nH]c2ccc(Br)cc2c(=O)c1CN(C)C1CCN(C)CC1. The third-order valence-electron chi connectivity index (χ3n) is 4.99. The molecule has 1 aromatic heterocycles. The van der Waals surface area contributed by atoms with Crippen molar-refractivity contribution in [1.82, 2.24) is 14.8 Å². The third kappa shape index (κ3) is 3.52. The number of halogens is 1. The smallest absolute Gasteiger partial charge is 0.194 e. The number of benzene rings is 1. The number of pyridine rings is 1. The Balaban J connectivity index is 1.89. The molecule has 0 radical (unpaired) electrons. The summed E-state index contributed by atoms with van der Waals surface area (Å²) in [5.74, 6) is 0. The van der Waals surface area contributed by atoms with E-state index in [9.17, 15) is 4.79 Å². The number of hydrogen-bond acceptors (Lipinski definition) is 3. The van der Waals surface area contributed by atoms with Crippen LogP contribution in [0.25, 0.3) is 10.9 Å². The molecule has 2 heterocycles. The van der Waals surface area contributed by atoms with E-state index in [2.05, 4.69) is 44.8 Å². The standard InChI is InChI=1S/C18H24BrN3O/c1-12-16(11-22(3)14-6-8-21(2)9-7-14)18(23)15-10-13(19)4-5-17(15)20-12/h4-5,10,14H,6-9,11H2,1-3H3,(H,20,23). The second-order valence-electron chi connectivity index (χ2n) is 6.70. The number of likely N-dealkylation sites (tertiary alicyclic amines) is 1. The second-order valence-corrected chi connectivity index (χ2v) is 7.61. The van der Waals surface area contributed by atoms with Crippen molar-refractivity contribution in [2.45, 2.75) is 32.4 Å². The summed E-state index contributed by atoms with van der Waals surface area (Å²) in [4.78, 5) is 21.0. The second kappa shape index (κ2) is 6.75. The molecule has 1 saturated heterocycles. The van der Waals surface area contributed by atoms with Crippen molar-refractivity contribution < 1.29 is 0 Å². The van der Waals surface area contributed by atoms with E-state index in [1.165, 1.54) is 12.8 Å². The van der Waals surface area contributed by atoms with E-state index in [0.717, 1.165) is 39.7 Å². The van der Waals surface area contributed by atoms with Gasteiger partial charge in [0.05, 0.1) is 0 Å². The van der Waals surface area contributed by atoms with Crippen LogP contribution >= 0.6 is 15.9 Å². The third-order valence-corrected chi connectivity index (χ3v) is 5.49. The van der Waals surface area contributed by atoms with Crippen LogP contribution in [0.5, 0.6) is 0 Å². The molecular formula is C18H24BrN3O. The van der Waals surface area contributed by atoms with Gasteiger partial charge in [0.2, 0.25) is 0 Å². The minimum absolute atomic E-state index is 0.150. The maximum Gasteiger partial charge on any atom is 0.194 e. The molecule has 1 fully saturated rings. The summed E-state index contributed by atoms with van der Waals surface area (Å²) in [5.41, 5.74) is 2.92. The number of aromatic amines is 1. The molecule has 0 bridgehead atoms. The highest BCUT2D eigenvalue weighted by Crippen LogP contribution is 2.20. The predicted molar refractivity (Wildman–Crippen MR) is 99.0 cm³/mol. The molecular weight excluding hydrogens is 354 g/mol. The Hall–Kier alpha value is -1.17. The normalized spacial score (nSPS) is 17.3. The highest BCUT2D eigenvalue weighted by molar-refractivity contribution is 9.10. The van der Waals surface area contributed by atoms with Crippen molar-refractivity contribution >= 4 is 26.8 Å². The first-order valence-corrected chi connectivity index (χ1v) is 8.95. The Bertz CT molecular complexity index is 763. The molecule has 0 amide bonds. The Morgan fingerprint density at radius 1 is 1.35 bits per heavy atom. The Morgan fingerprint density at radius 3 is 2.74 bits per heavy atom. The summed E-state index contributed by atoms with van der Waals surface area (Å²) >= 11 is 3.46. The Morgan fingerprint density at radius 2 is 2.04 bits per heavy atom. The maximum atomic E-state index is 12.9. The number of H-pyrrole nitrogens is 1. The van der Waals surface area contributed by atoms with Crippen molar-refractivity contribution in [3.8, 4) is 0 Å². The van der Waals surface area contributed by atoms with Gasteiger partial charge in [0, 0.05) is 39.2 Å². The largest absolute Gasteiger partial charge is 0.358 e. The van der Waals surface area contributed by atoms with E-state index in [-0.39, 0.29) is 5.43 Å². The van der Waals surface area contributed by atoms with Crippen molar-refractivity contribution in [3.63, 3.8) is 0 Å². The van der Waals surface area contributed by atoms with Gasteiger partial charge in [0.25, 0.3) is 0 Å². The maximum absolute atomic E-state index is 12.9. The average Bonchev–Trinajstić information content (AvgIpc) is 2.53. The lowest BCUT2D eigenvalue weighted by Crippen LogP contribution is -2.42.